The molecule has 4 aromatic carbocycles. The molecule has 0 saturated heterocycles. The van der Waals surface area contributed by atoms with Crippen molar-refractivity contribution in [1.29, 1.82) is 0 Å². The van der Waals surface area contributed by atoms with E-state index in [9.17, 15) is 9.59 Å². The van der Waals surface area contributed by atoms with E-state index in [1.54, 1.807) is 24.0 Å². The Morgan fingerprint density at radius 3 is 1.22 bits per heavy atom. The number of amides is 2. The summed E-state index contributed by atoms with van der Waals surface area (Å²) in [7, 11) is 3.23. The number of hydrogen-bond acceptors (Lipinski definition) is 4. The molecular formula is C31H30N2O4. The van der Waals surface area contributed by atoms with E-state index in [4.69, 9.17) is 9.47 Å². The van der Waals surface area contributed by atoms with Gasteiger partial charge in [-0.1, -0.05) is 60.7 Å². The van der Waals surface area contributed by atoms with Gasteiger partial charge in [0.2, 0.25) is 11.8 Å². The van der Waals surface area contributed by atoms with E-state index < -0.39 is 0 Å². The van der Waals surface area contributed by atoms with Crippen molar-refractivity contribution in [2.75, 3.05) is 24.0 Å². The van der Waals surface area contributed by atoms with Crippen LogP contribution in [0.4, 0.5) is 11.4 Å². The minimum Gasteiger partial charge on any atom is -0.497 e. The van der Waals surface area contributed by atoms with Crippen molar-refractivity contribution in [3.05, 3.63) is 120 Å². The summed E-state index contributed by atoms with van der Waals surface area (Å²) in [5, 5.41) is 0. The normalized spacial score (nSPS) is 10.4. The monoisotopic (exact) mass is 494 g/mol. The van der Waals surface area contributed by atoms with E-state index in [2.05, 4.69) is 0 Å². The maximum atomic E-state index is 13.6. The zero-order valence-electron chi connectivity index (χ0n) is 21.0. The number of para-hydroxylation sites is 2. The zero-order chi connectivity index (χ0) is 26.0. The topological polar surface area (TPSA) is 59.1 Å². The first kappa shape index (κ1) is 25.5. The summed E-state index contributed by atoms with van der Waals surface area (Å²) in [6.07, 6.45) is -0.268. The van der Waals surface area contributed by atoms with E-state index in [1.165, 1.54) is 0 Å². The summed E-state index contributed by atoms with van der Waals surface area (Å²) in [5.41, 5.74) is 3.34. The molecular weight excluding hydrogens is 464 g/mol. The molecule has 0 atom stereocenters. The highest BCUT2D eigenvalue weighted by Crippen LogP contribution is 2.23. The minimum atomic E-state index is -0.275. The molecule has 6 heteroatoms. The van der Waals surface area contributed by atoms with Crippen LogP contribution in [-0.2, 0) is 22.7 Å². The summed E-state index contributed by atoms with van der Waals surface area (Å²) in [6, 6.07) is 33.9. The minimum absolute atomic E-state index is 0.268. The first-order valence-corrected chi connectivity index (χ1v) is 12.0. The molecule has 0 aliphatic rings. The summed E-state index contributed by atoms with van der Waals surface area (Å²) >= 11 is 0. The maximum absolute atomic E-state index is 13.6. The smallest absolute Gasteiger partial charge is 0.236 e. The van der Waals surface area contributed by atoms with Gasteiger partial charge in [-0.15, -0.1) is 0 Å². The van der Waals surface area contributed by atoms with E-state index in [-0.39, 0.29) is 18.2 Å². The average molecular weight is 495 g/mol. The molecule has 0 bridgehead atoms. The van der Waals surface area contributed by atoms with Crippen LogP contribution in [-0.4, -0.2) is 26.0 Å². The van der Waals surface area contributed by atoms with Crippen LogP contribution in [0.5, 0.6) is 11.5 Å². The number of ether oxygens (including phenoxy) is 2. The lowest BCUT2D eigenvalue weighted by Crippen LogP contribution is -2.37. The van der Waals surface area contributed by atoms with Crippen molar-refractivity contribution in [2.24, 2.45) is 0 Å². The number of rotatable bonds is 10. The molecule has 0 heterocycles. The summed E-state index contributed by atoms with van der Waals surface area (Å²) in [4.78, 5) is 30.5. The van der Waals surface area contributed by atoms with Crippen molar-refractivity contribution in [1.82, 2.24) is 0 Å². The molecule has 0 spiro atoms. The molecule has 2 amide bonds. The van der Waals surface area contributed by atoms with Gasteiger partial charge >= 0.3 is 0 Å². The van der Waals surface area contributed by atoms with Crippen molar-refractivity contribution in [2.45, 2.75) is 19.5 Å². The van der Waals surface area contributed by atoms with Crippen LogP contribution in [0.15, 0.2) is 109 Å². The summed E-state index contributed by atoms with van der Waals surface area (Å²) < 4.78 is 10.5. The van der Waals surface area contributed by atoms with Gasteiger partial charge < -0.3 is 19.3 Å². The Morgan fingerprint density at radius 1 is 0.541 bits per heavy atom. The van der Waals surface area contributed by atoms with Gasteiger partial charge in [0, 0.05) is 11.4 Å². The standard InChI is InChI=1S/C31H30N2O4/c1-36-28-17-13-24(14-18-28)22-32(26-9-5-3-6-10-26)30(34)21-31(35)33(27-11-7-4-8-12-27)23-25-15-19-29(37-2)20-16-25/h3-20H,21-23H2,1-2H3. The molecule has 0 unspecified atom stereocenters. The molecule has 0 fully saturated rings. The van der Waals surface area contributed by atoms with Crippen LogP contribution in [0.25, 0.3) is 0 Å². The Morgan fingerprint density at radius 2 is 0.892 bits per heavy atom. The van der Waals surface area contributed by atoms with Gasteiger partial charge in [-0.2, -0.15) is 0 Å². The average Bonchev–Trinajstić information content (AvgIpc) is 2.96. The molecule has 0 aromatic heterocycles. The Hall–Kier alpha value is -4.58. The molecule has 188 valence electrons. The SMILES string of the molecule is COc1ccc(CN(C(=O)CC(=O)N(Cc2ccc(OC)cc2)c2ccccc2)c2ccccc2)cc1. The fourth-order valence-corrected chi connectivity index (χ4v) is 4.01. The third-order valence-corrected chi connectivity index (χ3v) is 6.04. The quantitative estimate of drug-likeness (QED) is 0.259. The van der Waals surface area contributed by atoms with Gasteiger partial charge in [0.25, 0.3) is 0 Å². The predicted octanol–water partition coefficient (Wildman–Crippen LogP) is 5.86. The van der Waals surface area contributed by atoms with Gasteiger partial charge in [-0.25, -0.2) is 0 Å². The zero-order valence-corrected chi connectivity index (χ0v) is 21.0. The lowest BCUT2D eigenvalue weighted by atomic mass is 10.1. The molecule has 0 aliphatic heterocycles. The number of hydrogen-bond donors (Lipinski definition) is 0. The Balaban J connectivity index is 1.57. The number of nitrogens with zero attached hydrogens (tertiary/aromatic N) is 2. The van der Waals surface area contributed by atoms with E-state index in [0.717, 1.165) is 34.0 Å². The molecule has 0 saturated carbocycles. The first-order chi connectivity index (χ1) is 18.1. The molecule has 0 aliphatic carbocycles. The number of carbonyl (C=O) groups excluding carboxylic acids is 2. The van der Waals surface area contributed by atoms with E-state index in [1.807, 2.05) is 109 Å². The lowest BCUT2D eigenvalue weighted by Gasteiger charge is -2.26. The van der Waals surface area contributed by atoms with Crippen molar-refractivity contribution in [3.63, 3.8) is 0 Å². The number of anilines is 2. The van der Waals surface area contributed by atoms with Gasteiger partial charge in [0.1, 0.15) is 17.9 Å². The molecule has 0 N–H and O–H groups in total. The van der Waals surface area contributed by atoms with Gasteiger partial charge in [0.15, 0.2) is 0 Å². The highest BCUT2D eigenvalue weighted by Gasteiger charge is 2.24. The second kappa shape index (κ2) is 12.4. The van der Waals surface area contributed by atoms with Crippen LogP contribution >= 0.6 is 0 Å². The van der Waals surface area contributed by atoms with Gasteiger partial charge in [-0.05, 0) is 59.7 Å². The number of carbonyl (C=O) groups is 2. The highest BCUT2D eigenvalue weighted by atomic mass is 16.5. The summed E-state index contributed by atoms with van der Waals surface area (Å²) in [5.74, 6) is 0.937. The van der Waals surface area contributed by atoms with Crippen molar-refractivity contribution in [3.8, 4) is 11.5 Å². The van der Waals surface area contributed by atoms with Crippen LogP contribution in [0, 0.1) is 0 Å². The van der Waals surface area contributed by atoms with Crippen LogP contribution < -0.4 is 19.3 Å². The largest absolute Gasteiger partial charge is 0.497 e. The van der Waals surface area contributed by atoms with Gasteiger partial charge in [-0.3, -0.25) is 9.59 Å². The second-order valence-corrected chi connectivity index (χ2v) is 8.50. The van der Waals surface area contributed by atoms with E-state index >= 15 is 0 Å². The Kier molecular flexibility index (Phi) is 8.55. The number of methoxy groups -OCH3 is 2. The van der Waals surface area contributed by atoms with Crippen LogP contribution in [0.2, 0.25) is 0 Å². The summed E-state index contributed by atoms with van der Waals surface area (Å²) in [6.45, 7) is 0.674. The first-order valence-electron chi connectivity index (χ1n) is 12.0. The molecule has 37 heavy (non-hydrogen) atoms. The molecule has 0 radical (unpaired) electrons. The maximum Gasteiger partial charge on any atom is 0.236 e. The molecule has 6 nitrogen and oxygen atoms in total. The van der Waals surface area contributed by atoms with Crippen molar-refractivity contribution < 1.29 is 19.1 Å². The fraction of sp³-hybridized carbons (Fsp3) is 0.161. The predicted molar refractivity (Wildman–Crippen MR) is 146 cm³/mol. The highest BCUT2D eigenvalue weighted by molar-refractivity contribution is 6.10. The van der Waals surface area contributed by atoms with E-state index in [0.29, 0.717) is 13.1 Å². The van der Waals surface area contributed by atoms with Gasteiger partial charge in [0.05, 0.1) is 27.3 Å². The Bertz CT molecular complexity index is 1190. The molecule has 4 aromatic rings. The number of benzene rings is 4. The lowest BCUT2D eigenvalue weighted by molar-refractivity contribution is -0.126. The van der Waals surface area contributed by atoms with Crippen LogP contribution in [0.1, 0.15) is 17.5 Å². The third-order valence-electron chi connectivity index (χ3n) is 6.04. The van der Waals surface area contributed by atoms with Crippen LogP contribution in [0.3, 0.4) is 0 Å². The second-order valence-electron chi connectivity index (χ2n) is 8.50. The van der Waals surface area contributed by atoms with Crippen molar-refractivity contribution >= 4 is 23.2 Å². The fourth-order valence-electron chi connectivity index (χ4n) is 4.01. The molecule has 4 rings (SSSR count). The Labute approximate surface area is 217 Å². The third kappa shape index (κ3) is 6.76.